The van der Waals surface area contributed by atoms with Crippen molar-refractivity contribution in [2.45, 2.75) is 6.42 Å². The zero-order chi connectivity index (χ0) is 21.7. The first-order valence-corrected chi connectivity index (χ1v) is 10.1. The molecule has 7 heteroatoms. The second kappa shape index (κ2) is 7.12. The standard InChI is InChI=1S/C24H18N2O5/c27-20(11-4-14-2-1-3-19(12-14)26(30)31)15-7-9-18(10-8-15)25-23(28)21-16-5-6-17(13-16)22(21)24(25)29/h1-12,16-17,21-22H,13H2/b11-4+/t16-,17-,21-,22-/m0/s1. The van der Waals surface area contributed by atoms with E-state index in [0.29, 0.717) is 16.8 Å². The van der Waals surface area contributed by atoms with Gasteiger partial charge >= 0.3 is 0 Å². The molecule has 0 N–H and O–H groups in total. The molecule has 1 heterocycles. The Morgan fingerprint density at radius 3 is 2.26 bits per heavy atom. The number of nitro groups is 1. The van der Waals surface area contributed by atoms with Crippen molar-refractivity contribution in [3.8, 4) is 0 Å². The molecule has 0 radical (unpaired) electrons. The van der Waals surface area contributed by atoms with Crippen molar-refractivity contribution < 1.29 is 19.3 Å². The largest absolute Gasteiger partial charge is 0.289 e. The maximum Gasteiger partial charge on any atom is 0.270 e. The van der Waals surface area contributed by atoms with Gasteiger partial charge in [-0.05, 0) is 54.2 Å². The van der Waals surface area contributed by atoms with Crippen LogP contribution in [0.5, 0.6) is 0 Å². The number of benzene rings is 2. The highest BCUT2D eigenvalue weighted by molar-refractivity contribution is 6.23. The molecule has 2 aliphatic carbocycles. The molecule has 2 fully saturated rings. The summed E-state index contributed by atoms with van der Waals surface area (Å²) in [4.78, 5) is 49.9. The van der Waals surface area contributed by atoms with Crippen LogP contribution in [0.4, 0.5) is 11.4 Å². The molecule has 2 amide bonds. The van der Waals surface area contributed by atoms with Gasteiger partial charge in [0.2, 0.25) is 11.8 Å². The van der Waals surface area contributed by atoms with Crippen molar-refractivity contribution in [3.63, 3.8) is 0 Å². The first kappa shape index (κ1) is 19.1. The third-order valence-electron chi connectivity index (χ3n) is 6.39. The highest BCUT2D eigenvalue weighted by Gasteiger charge is 2.59. The molecule has 2 aromatic carbocycles. The van der Waals surface area contributed by atoms with Crippen LogP contribution >= 0.6 is 0 Å². The molecule has 2 bridgehead atoms. The maximum absolute atomic E-state index is 12.9. The van der Waals surface area contributed by atoms with E-state index in [4.69, 9.17) is 0 Å². The summed E-state index contributed by atoms with van der Waals surface area (Å²) in [7, 11) is 0. The summed E-state index contributed by atoms with van der Waals surface area (Å²) in [6.07, 6.45) is 7.84. The topological polar surface area (TPSA) is 97.6 Å². The molecule has 2 aromatic rings. The van der Waals surface area contributed by atoms with Crippen molar-refractivity contribution in [3.05, 3.63) is 88.0 Å². The molecule has 3 aliphatic rings. The molecule has 1 saturated carbocycles. The van der Waals surface area contributed by atoms with Crippen molar-refractivity contribution in [1.82, 2.24) is 0 Å². The number of hydrogen-bond acceptors (Lipinski definition) is 5. The Hall–Kier alpha value is -3.87. The number of allylic oxidation sites excluding steroid dienone is 3. The molecular weight excluding hydrogens is 396 g/mol. The van der Waals surface area contributed by atoms with Crippen LogP contribution in [0.1, 0.15) is 22.3 Å². The molecule has 5 rings (SSSR count). The Bertz CT molecular complexity index is 1150. The molecule has 0 spiro atoms. The van der Waals surface area contributed by atoms with E-state index in [0.717, 1.165) is 6.42 Å². The van der Waals surface area contributed by atoms with Crippen molar-refractivity contribution in [1.29, 1.82) is 0 Å². The van der Waals surface area contributed by atoms with Gasteiger partial charge in [0.15, 0.2) is 5.78 Å². The molecule has 154 valence electrons. The minimum absolute atomic E-state index is 0.0488. The third-order valence-corrected chi connectivity index (χ3v) is 6.39. The van der Waals surface area contributed by atoms with Gasteiger partial charge in [0.1, 0.15) is 0 Å². The van der Waals surface area contributed by atoms with Crippen LogP contribution in [-0.2, 0) is 9.59 Å². The summed E-state index contributed by atoms with van der Waals surface area (Å²) in [5, 5.41) is 10.9. The smallest absolute Gasteiger partial charge is 0.270 e. The number of anilines is 1. The molecule has 31 heavy (non-hydrogen) atoms. The average Bonchev–Trinajstić information content (AvgIpc) is 3.46. The van der Waals surface area contributed by atoms with Gasteiger partial charge in [-0.15, -0.1) is 0 Å². The number of carbonyl (C=O) groups excluding carboxylic acids is 3. The molecule has 1 saturated heterocycles. The van der Waals surface area contributed by atoms with Crippen molar-refractivity contribution >= 4 is 35.0 Å². The Kier molecular flexibility index (Phi) is 4.39. The van der Waals surface area contributed by atoms with Gasteiger partial charge in [-0.1, -0.05) is 30.4 Å². The number of nitro benzene ring substituents is 1. The lowest BCUT2D eigenvalue weighted by molar-refractivity contribution is -0.384. The Labute approximate surface area is 177 Å². The molecule has 1 aliphatic heterocycles. The predicted octanol–water partition coefficient (Wildman–Crippen LogP) is 3.80. The summed E-state index contributed by atoms with van der Waals surface area (Å²) in [5.41, 5.74) is 1.36. The number of non-ortho nitro benzene ring substituents is 1. The second-order valence-corrected chi connectivity index (χ2v) is 8.11. The van der Waals surface area contributed by atoms with Crippen LogP contribution in [0.3, 0.4) is 0 Å². The first-order valence-electron chi connectivity index (χ1n) is 10.1. The summed E-state index contributed by atoms with van der Waals surface area (Å²) in [6.45, 7) is 0. The Morgan fingerprint density at radius 1 is 1.00 bits per heavy atom. The fourth-order valence-electron chi connectivity index (χ4n) is 4.94. The van der Waals surface area contributed by atoms with Crippen LogP contribution in [-0.4, -0.2) is 22.5 Å². The van der Waals surface area contributed by atoms with Gasteiger partial charge in [-0.2, -0.15) is 0 Å². The van der Waals surface area contributed by atoms with E-state index in [2.05, 4.69) is 12.2 Å². The van der Waals surface area contributed by atoms with Gasteiger partial charge in [0.25, 0.3) is 5.69 Å². The lowest BCUT2D eigenvalue weighted by atomic mass is 9.85. The van der Waals surface area contributed by atoms with Crippen LogP contribution in [0.25, 0.3) is 6.08 Å². The van der Waals surface area contributed by atoms with E-state index in [1.807, 2.05) is 0 Å². The number of hydrogen-bond donors (Lipinski definition) is 0. The number of fused-ring (bicyclic) bond motifs is 5. The van der Waals surface area contributed by atoms with E-state index in [1.54, 1.807) is 36.4 Å². The normalized spacial score (nSPS) is 26.1. The number of carbonyl (C=O) groups is 3. The minimum Gasteiger partial charge on any atom is -0.289 e. The third kappa shape index (κ3) is 3.09. The van der Waals surface area contributed by atoms with E-state index in [-0.39, 0.29) is 47.0 Å². The molecule has 0 unspecified atom stereocenters. The number of rotatable bonds is 5. The molecule has 7 nitrogen and oxygen atoms in total. The number of amides is 2. The van der Waals surface area contributed by atoms with Gasteiger partial charge < -0.3 is 0 Å². The zero-order valence-electron chi connectivity index (χ0n) is 16.4. The fourth-order valence-corrected chi connectivity index (χ4v) is 4.94. The van der Waals surface area contributed by atoms with Gasteiger partial charge in [0, 0.05) is 17.7 Å². The van der Waals surface area contributed by atoms with Crippen molar-refractivity contribution in [2.75, 3.05) is 4.90 Å². The number of nitrogens with zero attached hydrogens (tertiary/aromatic N) is 2. The Morgan fingerprint density at radius 2 is 1.65 bits per heavy atom. The minimum atomic E-state index is -0.492. The van der Waals surface area contributed by atoms with Crippen LogP contribution < -0.4 is 4.90 Å². The van der Waals surface area contributed by atoms with Crippen LogP contribution in [0, 0.1) is 33.8 Å². The monoisotopic (exact) mass is 414 g/mol. The van der Waals surface area contributed by atoms with Gasteiger partial charge in [0.05, 0.1) is 22.4 Å². The highest BCUT2D eigenvalue weighted by atomic mass is 16.6. The van der Waals surface area contributed by atoms with E-state index in [1.165, 1.54) is 29.2 Å². The first-order chi connectivity index (χ1) is 14.9. The van der Waals surface area contributed by atoms with Crippen LogP contribution in [0.2, 0.25) is 0 Å². The van der Waals surface area contributed by atoms with E-state index in [9.17, 15) is 24.5 Å². The average molecular weight is 414 g/mol. The fraction of sp³-hybridized carbons (Fsp3) is 0.208. The predicted molar refractivity (Wildman–Crippen MR) is 113 cm³/mol. The molecule has 4 atom stereocenters. The molecular formula is C24H18N2O5. The van der Waals surface area contributed by atoms with Gasteiger partial charge in [-0.3, -0.25) is 29.4 Å². The zero-order valence-corrected chi connectivity index (χ0v) is 16.4. The quantitative estimate of drug-likeness (QED) is 0.185. The number of imide groups is 1. The summed E-state index contributed by atoms with van der Waals surface area (Å²) >= 11 is 0. The Balaban J connectivity index is 1.32. The lowest BCUT2D eigenvalue weighted by Crippen LogP contribution is -2.32. The van der Waals surface area contributed by atoms with E-state index >= 15 is 0 Å². The highest BCUT2D eigenvalue weighted by Crippen LogP contribution is 2.53. The van der Waals surface area contributed by atoms with E-state index < -0.39 is 4.92 Å². The maximum atomic E-state index is 12.9. The lowest BCUT2D eigenvalue weighted by Gasteiger charge is -2.17. The van der Waals surface area contributed by atoms with Crippen LogP contribution in [0.15, 0.2) is 66.8 Å². The molecule has 0 aromatic heterocycles. The van der Waals surface area contributed by atoms with Gasteiger partial charge in [-0.25, -0.2) is 0 Å². The number of ketones is 1. The van der Waals surface area contributed by atoms with Crippen molar-refractivity contribution in [2.24, 2.45) is 23.7 Å². The summed E-state index contributed by atoms with van der Waals surface area (Å²) < 4.78 is 0. The summed E-state index contributed by atoms with van der Waals surface area (Å²) in [5.74, 6) is -0.819. The SMILES string of the molecule is O=C(/C=C/c1cccc([N+](=O)[O-])c1)c1ccc(N2C(=O)[C@@H]3[C@@H](C2=O)[C@H]2C=C[C@H]3C2)cc1. The summed E-state index contributed by atoms with van der Waals surface area (Å²) in [6, 6.07) is 12.4. The second-order valence-electron chi connectivity index (χ2n) is 8.11.